The van der Waals surface area contributed by atoms with Gasteiger partial charge >= 0.3 is 0 Å². The molecular formula is C12H23N3O3. The van der Waals surface area contributed by atoms with Crippen LogP contribution in [0.2, 0.25) is 0 Å². The molecule has 1 rings (SSSR count). The molecule has 1 saturated carbocycles. The van der Waals surface area contributed by atoms with Gasteiger partial charge in [0.2, 0.25) is 5.91 Å². The Kier molecular flexibility index (Phi) is 4.95. The van der Waals surface area contributed by atoms with Crippen LogP contribution in [0, 0.1) is 5.41 Å². The molecule has 0 radical (unpaired) electrons. The fraction of sp³-hybridized carbons (Fsp3) is 0.833. The molecule has 1 amide bonds. The van der Waals surface area contributed by atoms with Crippen LogP contribution in [0.5, 0.6) is 0 Å². The SMILES string of the molecule is COCC(C)N(C)C(=O)C1(C(N)=NO)CCCC1. The standard InChI is InChI=1S/C12H23N3O3/c1-9(8-18-3)15(2)11(16)12(10(13)14-17)6-4-5-7-12/h9,17H,4-8H2,1-3H3,(H2,13,14). The van der Waals surface area contributed by atoms with Crippen LogP contribution in [0.25, 0.3) is 0 Å². The van der Waals surface area contributed by atoms with Crippen molar-refractivity contribution in [2.75, 3.05) is 20.8 Å². The maximum absolute atomic E-state index is 12.6. The number of nitrogens with zero attached hydrogens (tertiary/aromatic N) is 2. The van der Waals surface area contributed by atoms with E-state index in [0.29, 0.717) is 19.4 Å². The number of amides is 1. The molecule has 3 N–H and O–H groups in total. The highest BCUT2D eigenvalue weighted by molar-refractivity contribution is 6.07. The molecule has 0 bridgehead atoms. The Labute approximate surface area is 108 Å². The number of likely N-dealkylation sites (N-methyl/N-ethyl adjacent to an activating group) is 1. The van der Waals surface area contributed by atoms with Crippen molar-refractivity contribution in [3.8, 4) is 0 Å². The average Bonchev–Trinajstić information content (AvgIpc) is 2.86. The molecule has 0 aromatic heterocycles. The number of carbonyl (C=O) groups excluding carboxylic acids is 1. The molecule has 1 aliphatic carbocycles. The first kappa shape index (κ1) is 14.8. The van der Waals surface area contributed by atoms with Crippen molar-refractivity contribution in [3.63, 3.8) is 0 Å². The van der Waals surface area contributed by atoms with E-state index in [1.54, 1.807) is 19.1 Å². The Morgan fingerprint density at radius 3 is 2.56 bits per heavy atom. The van der Waals surface area contributed by atoms with Gasteiger partial charge in [-0.15, -0.1) is 0 Å². The van der Waals surface area contributed by atoms with Crippen LogP contribution in [-0.4, -0.2) is 48.7 Å². The maximum Gasteiger partial charge on any atom is 0.236 e. The van der Waals surface area contributed by atoms with Gasteiger partial charge in [0, 0.05) is 14.2 Å². The molecule has 1 fully saturated rings. The summed E-state index contributed by atoms with van der Waals surface area (Å²) in [4.78, 5) is 14.2. The van der Waals surface area contributed by atoms with Crippen LogP contribution in [-0.2, 0) is 9.53 Å². The quantitative estimate of drug-likeness (QED) is 0.330. The number of nitrogens with two attached hydrogens (primary N) is 1. The summed E-state index contributed by atoms with van der Waals surface area (Å²) in [6.45, 7) is 2.38. The molecule has 1 aliphatic rings. The lowest BCUT2D eigenvalue weighted by Crippen LogP contribution is -2.51. The first-order chi connectivity index (χ1) is 8.49. The Bertz CT molecular complexity index is 325. The smallest absolute Gasteiger partial charge is 0.236 e. The number of carbonyl (C=O) groups is 1. The molecule has 18 heavy (non-hydrogen) atoms. The van der Waals surface area contributed by atoms with Crippen LogP contribution in [0.1, 0.15) is 32.6 Å². The fourth-order valence-electron chi connectivity index (χ4n) is 2.54. The van der Waals surface area contributed by atoms with E-state index in [1.807, 2.05) is 6.92 Å². The molecule has 6 heteroatoms. The number of hydrogen-bond acceptors (Lipinski definition) is 4. The lowest BCUT2D eigenvalue weighted by atomic mass is 9.83. The van der Waals surface area contributed by atoms with E-state index in [-0.39, 0.29) is 17.8 Å². The molecule has 104 valence electrons. The molecule has 0 aromatic carbocycles. The summed E-state index contributed by atoms with van der Waals surface area (Å²) in [5.74, 6) is -0.0543. The monoisotopic (exact) mass is 257 g/mol. The predicted octanol–water partition coefficient (Wildman–Crippen LogP) is 0.787. The second kappa shape index (κ2) is 6.04. The van der Waals surface area contributed by atoms with Crippen molar-refractivity contribution in [2.45, 2.75) is 38.6 Å². The molecule has 0 saturated heterocycles. The predicted molar refractivity (Wildman–Crippen MR) is 68.4 cm³/mol. The topological polar surface area (TPSA) is 88.2 Å². The number of amidine groups is 1. The van der Waals surface area contributed by atoms with E-state index in [9.17, 15) is 4.79 Å². The molecule has 6 nitrogen and oxygen atoms in total. The minimum absolute atomic E-state index is 0.0291. The van der Waals surface area contributed by atoms with Gasteiger partial charge in [0.05, 0.1) is 12.6 Å². The van der Waals surface area contributed by atoms with Crippen LogP contribution in [0.3, 0.4) is 0 Å². The highest BCUT2D eigenvalue weighted by Gasteiger charge is 2.47. The number of methoxy groups -OCH3 is 1. The van der Waals surface area contributed by atoms with Crippen molar-refractivity contribution in [1.29, 1.82) is 0 Å². The Balaban J connectivity index is 2.90. The van der Waals surface area contributed by atoms with Gasteiger partial charge in [0.15, 0.2) is 5.84 Å². The highest BCUT2D eigenvalue weighted by atomic mass is 16.5. The van der Waals surface area contributed by atoms with E-state index in [0.717, 1.165) is 12.8 Å². The molecule has 0 spiro atoms. The number of rotatable bonds is 5. The fourth-order valence-corrected chi connectivity index (χ4v) is 2.54. The van der Waals surface area contributed by atoms with Gasteiger partial charge in [-0.25, -0.2) is 0 Å². The molecule has 0 aromatic rings. The minimum atomic E-state index is -0.828. The maximum atomic E-state index is 12.6. The third-order valence-electron chi connectivity index (χ3n) is 3.85. The van der Waals surface area contributed by atoms with Crippen molar-refractivity contribution in [3.05, 3.63) is 0 Å². The van der Waals surface area contributed by atoms with Crippen molar-refractivity contribution in [1.82, 2.24) is 4.90 Å². The normalized spacial score (nSPS) is 20.7. The Morgan fingerprint density at radius 1 is 1.56 bits per heavy atom. The van der Waals surface area contributed by atoms with E-state index >= 15 is 0 Å². The lowest BCUT2D eigenvalue weighted by Gasteiger charge is -2.34. The summed E-state index contributed by atoms with van der Waals surface area (Å²) in [5, 5.41) is 12.0. The van der Waals surface area contributed by atoms with Gasteiger partial charge in [0.1, 0.15) is 5.41 Å². The van der Waals surface area contributed by atoms with Crippen molar-refractivity contribution >= 4 is 11.7 Å². The Morgan fingerprint density at radius 2 is 2.11 bits per heavy atom. The van der Waals surface area contributed by atoms with Crippen molar-refractivity contribution in [2.24, 2.45) is 16.3 Å². The summed E-state index contributed by atoms with van der Waals surface area (Å²) < 4.78 is 5.05. The highest BCUT2D eigenvalue weighted by Crippen LogP contribution is 2.40. The largest absolute Gasteiger partial charge is 0.409 e. The molecule has 0 heterocycles. The van der Waals surface area contributed by atoms with Gasteiger partial charge in [-0.1, -0.05) is 18.0 Å². The second-order valence-corrected chi connectivity index (χ2v) is 4.99. The minimum Gasteiger partial charge on any atom is -0.409 e. The first-order valence-corrected chi connectivity index (χ1v) is 6.24. The number of ether oxygens (including phenoxy) is 1. The Hall–Kier alpha value is -1.30. The second-order valence-electron chi connectivity index (χ2n) is 4.99. The molecule has 1 unspecified atom stereocenters. The summed E-state index contributed by atoms with van der Waals surface area (Å²) >= 11 is 0. The van der Waals surface area contributed by atoms with Crippen LogP contribution in [0.4, 0.5) is 0 Å². The van der Waals surface area contributed by atoms with Gasteiger partial charge in [-0.05, 0) is 19.8 Å². The third-order valence-corrected chi connectivity index (χ3v) is 3.85. The number of oxime groups is 1. The summed E-state index contributed by atoms with van der Waals surface area (Å²) in [6.07, 6.45) is 3.14. The van der Waals surface area contributed by atoms with Crippen molar-refractivity contribution < 1.29 is 14.7 Å². The van der Waals surface area contributed by atoms with E-state index in [2.05, 4.69) is 5.16 Å². The van der Waals surface area contributed by atoms with Crippen LogP contribution in [0.15, 0.2) is 5.16 Å². The number of hydrogen-bond donors (Lipinski definition) is 2. The van der Waals surface area contributed by atoms with Gasteiger partial charge in [-0.3, -0.25) is 4.79 Å². The zero-order valence-corrected chi connectivity index (χ0v) is 11.3. The molecular weight excluding hydrogens is 234 g/mol. The van der Waals surface area contributed by atoms with Crippen LogP contribution >= 0.6 is 0 Å². The van der Waals surface area contributed by atoms with Gasteiger partial charge < -0.3 is 20.6 Å². The third kappa shape index (κ3) is 2.58. The average molecular weight is 257 g/mol. The summed E-state index contributed by atoms with van der Waals surface area (Å²) in [6, 6.07) is -0.0357. The van der Waals surface area contributed by atoms with E-state index in [1.165, 1.54) is 0 Å². The van der Waals surface area contributed by atoms with Gasteiger partial charge in [-0.2, -0.15) is 0 Å². The van der Waals surface area contributed by atoms with E-state index in [4.69, 9.17) is 15.7 Å². The summed E-state index contributed by atoms with van der Waals surface area (Å²) in [5.41, 5.74) is 4.92. The molecule has 0 aliphatic heterocycles. The van der Waals surface area contributed by atoms with Crippen LogP contribution < -0.4 is 5.73 Å². The van der Waals surface area contributed by atoms with E-state index < -0.39 is 5.41 Å². The lowest BCUT2D eigenvalue weighted by molar-refractivity contribution is -0.139. The zero-order valence-electron chi connectivity index (χ0n) is 11.3. The first-order valence-electron chi connectivity index (χ1n) is 6.24. The van der Waals surface area contributed by atoms with Gasteiger partial charge in [0.25, 0.3) is 0 Å². The zero-order chi connectivity index (χ0) is 13.8. The molecule has 1 atom stereocenters. The summed E-state index contributed by atoms with van der Waals surface area (Å²) in [7, 11) is 3.33.